The standard InChI is InChI=1S/C23H40N4O4/c1-7-12-25-21(30)18(28)17(14-16-10-9-11-16)26-20(29)15(3)27(13-8-2)22(31)19(24)23(4,5)6/h7,15-17,19H,1,8-14,24H2,2-6H3,(H,25,30)(H,26,29)/t15-,17?,19+/m0/s1. The quantitative estimate of drug-likeness (QED) is 0.316. The fourth-order valence-corrected chi connectivity index (χ4v) is 3.42. The summed E-state index contributed by atoms with van der Waals surface area (Å²) in [5, 5.41) is 5.21. The van der Waals surface area contributed by atoms with Gasteiger partial charge >= 0.3 is 0 Å². The summed E-state index contributed by atoms with van der Waals surface area (Å²) >= 11 is 0. The maximum atomic E-state index is 13.0. The molecule has 8 nitrogen and oxygen atoms in total. The zero-order chi connectivity index (χ0) is 23.8. The number of nitrogens with zero attached hydrogens (tertiary/aromatic N) is 1. The van der Waals surface area contributed by atoms with Crippen LogP contribution < -0.4 is 16.4 Å². The van der Waals surface area contributed by atoms with Crippen molar-refractivity contribution >= 4 is 23.5 Å². The van der Waals surface area contributed by atoms with Crippen molar-refractivity contribution in [3.63, 3.8) is 0 Å². The van der Waals surface area contributed by atoms with Crippen molar-refractivity contribution < 1.29 is 19.2 Å². The molecule has 3 amide bonds. The molecule has 1 fully saturated rings. The highest BCUT2D eigenvalue weighted by Crippen LogP contribution is 2.30. The molecule has 1 unspecified atom stereocenters. The van der Waals surface area contributed by atoms with E-state index in [2.05, 4.69) is 17.2 Å². The summed E-state index contributed by atoms with van der Waals surface area (Å²) in [4.78, 5) is 52.4. The Labute approximate surface area is 186 Å². The van der Waals surface area contributed by atoms with Crippen molar-refractivity contribution in [2.45, 2.75) is 84.8 Å². The Hall–Kier alpha value is -2.22. The number of ketones is 1. The van der Waals surface area contributed by atoms with E-state index in [1.54, 1.807) is 6.92 Å². The van der Waals surface area contributed by atoms with Crippen molar-refractivity contribution in [2.75, 3.05) is 13.1 Å². The van der Waals surface area contributed by atoms with Gasteiger partial charge < -0.3 is 21.3 Å². The van der Waals surface area contributed by atoms with Gasteiger partial charge in [0.05, 0.1) is 12.1 Å². The number of hydrogen-bond acceptors (Lipinski definition) is 5. The number of nitrogens with two attached hydrogens (primary N) is 1. The van der Waals surface area contributed by atoms with E-state index in [0.29, 0.717) is 25.3 Å². The molecule has 176 valence electrons. The smallest absolute Gasteiger partial charge is 0.289 e. The van der Waals surface area contributed by atoms with Crippen molar-refractivity contribution in [3.05, 3.63) is 12.7 Å². The highest BCUT2D eigenvalue weighted by molar-refractivity contribution is 6.38. The number of carbonyl (C=O) groups is 4. The van der Waals surface area contributed by atoms with E-state index in [1.807, 2.05) is 27.7 Å². The minimum Gasteiger partial charge on any atom is -0.346 e. The normalized spacial score (nSPS) is 17.0. The predicted octanol–water partition coefficient (Wildman–Crippen LogP) is 1.53. The minimum absolute atomic E-state index is 0.175. The first-order valence-electron chi connectivity index (χ1n) is 11.2. The Morgan fingerprint density at radius 3 is 2.29 bits per heavy atom. The summed E-state index contributed by atoms with van der Waals surface area (Å²) in [5.74, 6) is -1.87. The summed E-state index contributed by atoms with van der Waals surface area (Å²) in [7, 11) is 0. The lowest BCUT2D eigenvalue weighted by Gasteiger charge is -2.36. The number of hydrogen-bond donors (Lipinski definition) is 3. The van der Waals surface area contributed by atoms with Gasteiger partial charge in [-0.15, -0.1) is 6.58 Å². The number of amides is 3. The van der Waals surface area contributed by atoms with Crippen molar-refractivity contribution in [2.24, 2.45) is 17.1 Å². The number of nitrogens with one attached hydrogen (secondary N) is 2. The average Bonchev–Trinajstić information content (AvgIpc) is 2.68. The SMILES string of the molecule is C=CCNC(=O)C(=O)C(CC1CCC1)NC(=O)[C@H](C)N(CCC)C(=O)[C@@H](N)C(C)(C)C. The monoisotopic (exact) mass is 436 g/mol. The molecule has 1 saturated carbocycles. The van der Waals surface area contributed by atoms with Gasteiger partial charge in [-0.1, -0.05) is 53.0 Å². The van der Waals surface area contributed by atoms with E-state index in [4.69, 9.17) is 5.73 Å². The van der Waals surface area contributed by atoms with Crippen LogP contribution in [0, 0.1) is 11.3 Å². The van der Waals surface area contributed by atoms with Crippen LogP contribution in [0.2, 0.25) is 0 Å². The third-order valence-electron chi connectivity index (χ3n) is 5.85. The number of Topliss-reactive ketones (excluding diaryl/α,β-unsaturated/α-hetero) is 1. The van der Waals surface area contributed by atoms with E-state index in [1.165, 1.54) is 11.0 Å². The average molecular weight is 437 g/mol. The van der Waals surface area contributed by atoms with Crippen LogP contribution in [0.3, 0.4) is 0 Å². The zero-order valence-electron chi connectivity index (χ0n) is 19.7. The van der Waals surface area contributed by atoms with Crippen molar-refractivity contribution in [1.29, 1.82) is 0 Å². The molecule has 1 aliphatic carbocycles. The summed E-state index contributed by atoms with van der Waals surface area (Å²) < 4.78 is 0. The van der Waals surface area contributed by atoms with Gasteiger partial charge in [0.15, 0.2) is 0 Å². The first-order valence-corrected chi connectivity index (χ1v) is 11.2. The van der Waals surface area contributed by atoms with E-state index < -0.39 is 41.1 Å². The van der Waals surface area contributed by atoms with Gasteiger partial charge in [-0.2, -0.15) is 0 Å². The first-order chi connectivity index (χ1) is 14.4. The van der Waals surface area contributed by atoms with Crippen LogP contribution >= 0.6 is 0 Å². The zero-order valence-corrected chi connectivity index (χ0v) is 19.7. The molecule has 0 aromatic carbocycles. The Balaban J connectivity index is 2.96. The molecule has 3 atom stereocenters. The van der Waals surface area contributed by atoms with Crippen LogP contribution in [0.15, 0.2) is 12.7 Å². The molecule has 0 aromatic heterocycles. The highest BCUT2D eigenvalue weighted by atomic mass is 16.2. The molecule has 0 spiro atoms. The molecule has 31 heavy (non-hydrogen) atoms. The summed E-state index contributed by atoms with van der Waals surface area (Å²) in [6.45, 7) is 13.2. The molecular formula is C23H40N4O4. The van der Waals surface area contributed by atoms with E-state index in [9.17, 15) is 19.2 Å². The van der Waals surface area contributed by atoms with Crippen molar-refractivity contribution in [1.82, 2.24) is 15.5 Å². The lowest BCUT2D eigenvalue weighted by atomic mass is 9.80. The topological polar surface area (TPSA) is 122 Å². The van der Waals surface area contributed by atoms with E-state index >= 15 is 0 Å². The van der Waals surface area contributed by atoms with Crippen LogP contribution in [0.25, 0.3) is 0 Å². The molecule has 0 radical (unpaired) electrons. The minimum atomic E-state index is -0.917. The molecule has 0 bridgehead atoms. The van der Waals surface area contributed by atoms with Gasteiger partial charge in [0.1, 0.15) is 6.04 Å². The lowest BCUT2D eigenvalue weighted by Crippen LogP contribution is -2.58. The largest absolute Gasteiger partial charge is 0.346 e. The Bertz CT molecular complexity index is 667. The molecule has 1 aliphatic rings. The fourth-order valence-electron chi connectivity index (χ4n) is 3.42. The second-order valence-electron chi connectivity index (χ2n) is 9.51. The Kier molecular flexibility index (Phi) is 10.4. The maximum Gasteiger partial charge on any atom is 0.289 e. The maximum absolute atomic E-state index is 13.0. The molecular weight excluding hydrogens is 396 g/mol. The fraction of sp³-hybridized carbons (Fsp3) is 0.739. The number of carbonyl (C=O) groups excluding carboxylic acids is 4. The van der Waals surface area contributed by atoms with Gasteiger partial charge in [0.25, 0.3) is 5.91 Å². The van der Waals surface area contributed by atoms with Gasteiger partial charge in [-0.25, -0.2) is 0 Å². The van der Waals surface area contributed by atoms with Gasteiger partial charge in [-0.3, -0.25) is 19.2 Å². The van der Waals surface area contributed by atoms with E-state index in [0.717, 1.165) is 19.3 Å². The van der Waals surface area contributed by atoms with E-state index in [-0.39, 0.29) is 12.5 Å². The highest BCUT2D eigenvalue weighted by Gasteiger charge is 2.37. The van der Waals surface area contributed by atoms with Crippen molar-refractivity contribution in [3.8, 4) is 0 Å². The molecule has 0 heterocycles. The van der Waals surface area contributed by atoms with Crippen LogP contribution in [-0.4, -0.2) is 59.6 Å². The number of rotatable bonds is 12. The first kappa shape index (κ1) is 26.8. The van der Waals surface area contributed by atoms with Gasteiger partial charge in [-0.05, 0) is 31.1 Å². The summed E-state index contributed by atoms with van der Waals surface area (Å²) in [6, 6.07) is -2.49. The van der Waals surface area contributed by atoms with Gasteiger partial charge in [0.2, 0.25) is 17.6 Å². The summed E-state index contributed by atoms with van der Waals surface area (Å²) in [5.41, 5.74) is 5.70. The molecule has 0 aromatic rings. The van der Waals surface area contributed by atoms with Crippen LogP contribution in [-0.2, 0) is 19.2 Å². The lowest BCUT2D eigenvalue weighted by molar-refractivity contribution is -0.144. The molecule has 8 heteroatoms. The molecule has 1 rings (SSSR count). The second-order valence-corrected chi connectivity index (χ2v) is 9.51. The third kappa shape index (κ3) is 7.76. The van der Waals surface area contributed by atoms with Crippen LogP contribution in [0.5, 0.6) is 0 Å². The molecule has 4 N–H and O–H groups in total. The summed E-state index contributed by atoms with van der Waals surface area (Å²) in [6.07, 6.45) is 5.60. The predicted molar refractivity (Wildman–Crippen MR) is 121 cm³/mol. The van der Waals surface area contributed by atoms with Crippen LogP contribution in [0.4, 0.5) is 0 Å². The Morgan fingerprint density at radius 1 is 1.23 bits per heavy atom. The Morgan fingerprint density at radius 2 is 1.84 bits per heavy atom. The van der Waals surface area contributed by atoms with Crippen LogP contribution in [0.1, 0.15) is 66.7 Å². The molecule has 0 aliphatic heterocycles. The molecule has 0 saturated heterocycles. The second kappa shape index (κ2) is 12.0. The van der Waals surface area contributed by atoms with Gasteiger partial charge in [0, 0.05) is 13.1 Å². The third-order valence-corrected chi connectivity index (χ3v) is 5.85.